The Labute approximate surface area is 219 Å². The molecular weight excluding hydrogens is 473 g/mol. The molecule has 37 heavy (non-hydrogen) atoms. The number of halogens is 3. The van der Waals surface area contributed by atoms with E-state index in [1.807, 2.05) is 19.1 Å². The number of rotatable bonds is 10. The topological polar surface area (TPSA) is 29.5 Å². The van der Waals surface area contributed by atoms with Crippen molar-refractivity contribution in [3.63, 3.8) is 0 Å². The Bertz CT molecular complexity index is 1070. The van der Waals surface area contributed by atoms with Gasteiger partial charge in [-0.05, 0) is 118 Å². The van der Waals surface area contributed by atoms with E-state index in [-0.39, 0.29) is 17.8 Å². The van der Waals surface area contributed by atoms with Crippen molar-refractivity contribution in [2.45, 2.75) is 96.5 Å². The molecule has 2 atom stereocenters. The lowest BCUT2D eigenvalue weighted by molar-refractivity contribution is 0.0934. The summed E-state index contributed by atoms with van der Waals surface area (Å²) in [5, 5.41) is 10.3. The van der Waals surface area contributed by atoms with Gasteiger partial charge in [-0.1, -0.05) is 37.6 Å². The molecule has 0 bridgehead atoms. The minimum Gasteiger partial charge on any atom is -0.491 e. The molecule has 2 aliphatic rings. The van der Waals surface area contributed by atoms with Crippen molar-refractivity contribution in [1.29, 1.82) is 0 Å². The number of aliphatic hydroxyl groups is 1. The van der Waals surface area contributed by atoms with Crippen LogP contribution in [0.15, 0.2) is 36.4 Å². The van der Waals surface area contributed by atoms with Crippen molar-refractivity contribution in [1.82, 2.24) is 0 Å². The smallest absolute Gasteiger partial charge is 0.166 e. The Kier molecular flexibility index (Phi) is 9.75. The number of benzene rings is 2. The molecule has 0 heterocycles. The summed E-state index contributed by atoms with van der Waals surface area (Å²) in [6.45, 7) is 4.34. The van der Waals surface area contributed by atoms with Gasteiger partial charge in [0.15, 0.2) is 23.2 Å². The monoisotopic (exact) mass is 514 g/mol. The highest BCUT2D eigenvalue weighted by Crippen LogP contribution is 2.39. The maximum absolute atomic E-state index is 15.0. The molecule has 0 aromatic heterocycles. The zero-order chi connectivity index (χ0) is 26.4. The Morgan fingerprint density at radius 1 is 0.973 bits per heavy atom. The molecule has 2 aliphatic carbocycles. The van der Waals surface area contributed by atoms with Gasteiger partial charge >= 0.3 is 0 Å². The first-order valence-electron chi connectivity index (χ1n) is 14.2. The molecule has 5 heteroatoms. The number of allylic oxidation sites excluding steroid dienone is 2. The molecule has 0 spiro atoms. The lowest BCUT2D eigenvalue weighted by atomic mass is 9.77. The van der Waals surface area contributed by atoms with Crippen LogP contribution >= 0.6 is 0 Å². The molecule has 0 amide bonds. The minimum atomic E-state index is -0.738. The molecule has 2 unspecified atom stereocenters. The van der Waals surface area contributed by atoms with Crippen LogP contribution in [0.2, 0.25) is 0 Å². The highest BCUT2D eigenvalue weighted by Gasteiger charge is 2.26. The van der Waals surface area contributed by atoms with Crippen LogP contribution in [0, 0.1) is 29.3 Å². The van der Waals surface area contributed by atoms with Gasteiger partial charge in [0, 0.05) is 5.56 Å². The van der Waals surface area contributed by atoms with Gasteiger partial charge in [-0.3, -0.25) is 0 Å². The molecule has 0 radical (unpaired) electrons. The van der Waals surface area contributed by atoms with Crippen LogP contribution in [0.25, 0.3) is 5.57 Å². The van der Waals surface area contributed by atoms with E-state index in [4.69, 9.17) is 4.74 Å². The van der Waals surface area contributed by atoms with E-state index in [1.54, 1.807) is 24.3 Å². The summed E-state index contributed by atoms with van der Waals surface area (Å²) in [4.78, 5) is 0. The number of ether oxygens (including phenoxy) is 1. The van der Waals surface area contributed by atoms with Gasteiger partial charge in [0.05, 0.1) is 12.7 Å². The third-order valence-corrected chi connectivity index (χ3v) is 8.48. The van der Waals surface area contributed by atoms with E-state index < -0.39 is 11.6 Å². The van der Waals surface area contributed by atoms with Crippen molar-refractivity contribution >= 4 is 5.57 Å². The van der Waals surface area contributed by atoms with E-state index in [2.05, 4.69) is 6.92 Å². The predicted molar refractivity (Wildman–Crippen MR) is 143 cm³/mol. The number of aliphatic hydroxyl groups excluding tert-OH is 1. The molecule has 2 nitrogen and oxygen atoms in total. The third kappa shape index (κ3) is 6.79. The average molecular weight is 515 g/mol. The SMILES string of the molecule is CCCC(O)C1CC=C(c2ccc(CCC3CCC(c4ccc(OCC)c(F)c4)CC3)c(F)c2F)CC1. The lowest BCUT2D eigenvalue weighted by Crippen LogP contribution is -2.22. The summed E-state index contributed by atoms with van der Waals surface area (Å²) in [5.74, 6) is -0.447. The first-order valence-corrected chi connectivity index (χ1v) is 14.2. The fraction of sp³-hybridized carbons (Fsp3) is 0.562. The van der Waals surface area contributed by atoms with Crippen molar-refractivity contribution in [3.05, 3.63) is 70.5 Å². The summed E-state index contributed by atoms with van der Waals surface area (Å²) in [7, 11) is 0. The van der Waals surface area contributed by atoms with Crippen molar-refractivity contribution in [2.24, 2.45) is 11.8 Å². The lowest BCUT2D eigenvalue weighted by Gasteiger charge is -2.29. The standard InChI is InChI=1S/C32H41F3O2/c1-3-5-29(36)24-14-12-23(13-15-24)27-18-16-25(31(34)32(27)35)11-8-21-6-9-22(10-7-21)26-17-19-30(37-4-2)28(33)20-26/h12,16-22,24,29,36H,3-11,13-15H2,1-2H3. The number of aryl methyl sites for hydroxylation is 1. The highest BCUT2D eigenvalue weighted by molar-refractivity contribution is 5.67. The normalized spacial score (nSPS) is 23.0. The summed E-state index contributed by atoms with van der Waals surface area (Å²) in [5.41, 5.74) is 2.69. The average Bonchev–Trinajstić information content (AvgIpc) is 2.91. The number of hydrogen-bond acceptors (Lipinski definition) is 2. The molecule has 0 aliphatic heterocycles. The molecule has 4 rings (SSSR count). The van der Waals surface area contributed by atoms with Crippen LogP contribution in [0.1, 0.15) is 101 Å². The fourth-order valence-corrected chi connectivity index (χ4v) is 6.20. The summed E-state index contributed by atoms with van der Waals surface area (Å²) >= 11 is 0. The fourth-order valence-electron chi connectivity index (χ4n) is 6.20. The van der Waals surface area contributed by atoms with Crippen molar-refractivity contribution in [2.75, 3.05) is 6.61 Å². The predicted octanol–water partition coefficient (Wildman–Crippen LogP) is 8.75. The largest absolute Gasteiger partial charge is 0.491 e. The van der Waals surface area contributed by atoms with E-state index in [0.29, 0.717) is 54.6 Å². The second-order valence-electron chi connectivity index (χ2n) is 10.9. The van der Waals surface area contributed by atoms with Crippen LogP contribution in [0.4, 0.5) is 13.2 Å². The zero-order valence-electron chi connectivity index (χ0n) is 22.2. The van der Waals surface area contributed by atoms with Crippen LogP contribution in [0.5, 0.6) is 5.75 Å². The zero-order valence-corrected chi connectivity index (χ0v) is 22.2. The van der Waals surface area contributed by atoms with Crippen LogP contribution < -0.4 is 4.74 Å². The molecule has 202 valence electrons. The van der Waals surface area contributed by atoms with Crippen molar-refractivity contribution in [3.8, 4) is 5.75 Å². The Hall–Kier alpha value is -2.27. The van der Waals surface area contributed by atoms with Gasteiger partial charge in [-0.2, -0.15) is 0 Å². The molecule has 1 N–H and O–H groups in total. The minimum absolute atomic E-state index is 0.208. The van der Waals surface area contributed by atoms with E-state index in [0.717, 1.165) is 62.5 Å². The summed E-state index contributed by atoms with van der Waals surface area (Å²) in [6.07, 6.45) is 10.9. The maximum atomic E-state index is 15.0. The Morgan fingerprint density at radius 3 is 2.41 bits per heavy atom. The third-order valence-electron chi connectivity index (χ3n) is 8.48. The van der Waals surface area contributed by atoms with Gasteiger partial charge in [-0.25, -0.2) is 13.2 Å². The van der Waals surface area contributed by atoms with Gasteiger partial charge in [-0.15, -0.1) is 0 Å². The molecular formula is C32H41F3O2. The van der Waals surface area contributed by atoms with E-state index in [1.165, 1.54) is 0 Å². The van der Waals surface area contributed by atoms with Crippen LogP contribution in [-0.4, -0.2) is 17.8 Å². The summed E-state index contributed by atoms with van der Waals surface area (Å²) < 4.78 is 49.6. The van der Waals surface area contributed by atoms with Gasteiger partial charge in [0.2, 0.25) is 0 Å². The second kappa shape index (κ2) is 13.0. The molecule has 2 aromatic carbocycles. The first-order chi connectivity index (χ1) is 17.9. The van der Waals surface area contributed by atoms with E-state index in [9.17, 15) is 13.9 Å². The molecule has 2 aromatic rings. The van der Waals surface area contributed by atoms with Gasteiger partial charge in [0.1, 0.15) is 0 Å². The van der Waals surface area contributed by atoms with Gasteiger partial charge in [0.25, 0.3) is 0 Å². The Morgan fingerprint density at radius 2 is 1.76 bits per heavy atom. The van der Waals surface area contributed by atoms with Crippen molar-refractivity contribution < 1.29 is 23.0 Å². The number of hydrogen-bond donors (Lipinski definition) is 1. The van der Waals surface area contributed by atoms with Crippen LogP contribution in [-0.2, 0) is 6.42 Å². The molecule has 0 saturated heterocycles. The molecule has 1 saturated carbocycles. The first kappa shape index (κ1) is 27.8. The quantitative estimate of drug-likeness (QED) is 0.343. The Balaban J connectivity index is 1.30. The molecule has 1 fully saturated rings. The van der Waals surface area contributed by atoms with Crippen LogP contribution in [0.3, 0.4) is 0 Å². The van der Waals surface area contributed by atoms with E-state index >= 15 is 4.39 Å². The second-order valence-corrected chi connectivity index (χ2v) is 10.9. The summed E-state index contributed by atoms with van der Waals surface area (Å²) in [6, 6.07) is 8.78. The maximum Gasteiger partial charge on any atom is 0.166 e. The highest BCUT2D eigenvalue weighted by atomic mass is 19.2. The van der Waals surface area contributed by atoms with Gasteiger partial charge < -0.3 is 9.84 Å².